The molecule has 0 bridgehead atoms. The minimum atomic E-state index is -0.807. The molecule has 0 radical (unpaired) electrons. The van der Waals surface area contributed by atoms with Gasteiger partial charge in [0.05, 0.1) is 0 Å². The zero-order valence-corrected chi connectivity index (χ0v) is 10.00. The highest BCUT2D eigenvalue weighted by Gasteiger charge is 2.26. The summed E-state index contributed by atoms with van der Waals surface area (Å²) < 4.78 is 26.2. The molecule has 0 saturated carbocycles. The van der Waals surface area contributed by atoms with Gasteiger partial charge in [0, 0.05) is 12.1 Å². The predicted molar refractivity (Wildman–Crippen MR) is 63.6 cm³/mol. The van der Waals surface area contributed by atoms with Crippen molar-refractivity contribution in [2.24, 2.45) is 5.73 Å². The van der Waals surface area contributed by atoms with Gasteiger partial charge in [-0.1, -0.05) is 6.07 Å². The molecule has 1 aliphatic rings. The molecule has 1 saturated heterocycles. The summed E-state index contributed by atoms with van der Waals surface area (Å²) in [4.78, 5) is 2.25. The summed E-state index contributed by atoms with van der Waals surface area (Å²) in [6.45, 7) is 3.86. The Morgan fingerprint density at radius 1 is 1.18 bits per heavy atom. The average molecular weight is 240 g/mol. The molecule has 1 heterocycles. The first-order chi connectivity index (χ1) is 8.09. The number of likely N-dealkylation sites (tertiary alicyclic amines) is 1. The third kappa shape index (κ3) is 2.64. The van der Waals surface area contributed by atoms with Gasteiger partial charge in [0.1, 0.15) is 0 Å². The molecule has 0 aliphatic carbocycles. The molecule has 1 aliphatic heterocycles. The van der Waals surface area contributed by atoms with Gasteiger partial charge in [0.25, 0.3) is 0 Å². The van der Waals surface area contributed by atoms with Crippen molar-refractivity contribution in [3.63, 3.8) is 0 Å². The second kappa shape index (κ2) is 5.10. The summed E-state index contributed by atoms with van der Waals surface area (Å²) in [6, 6.07) is 3.95. The molecule has 1 aromatic carbocycles. The van der Waals surface area contributed by atoms with Gasteiger partial charge < -0.3 is 5.73 Å². The van der Waals surface area contributed by atoms with Crippen LogP contribution in [0, 0.1) is 11.6 Å². The van der Waals surface area contributed by atoms with E-state index in [2.05, 4.69) is 4.90 Å². The van der Waals surface area contributed by atoms with Crippen molar-refractivity contribution in [1.29, 1.82) is 0 Å². The Kier molecular flexibility index (Phi) is 3.74. The van der Waals surface area contributed by atoms with E-state index in [1.807, 2.05) is 6.92 Å². The highest BCUT2D eigenvalue weighted by Crippen LogP contribution is 2.28. The van der Waals surface area contributed by atoms with E-state index in [1.165, 1.54) is 12.1 Å². The average Bonchev–Trinajstić information content (AvgIpc) is 2.76. The highest BCUT2D eigenvalue weighted by atomic mass is 19.2. The Hall–Kier alpha value is -1.00. The molecule has 2 rings (SSSR count). The quantitative estimate of drug-likeness (QED) is 0.879. The van der Waals surface area contributed by atoms with Gasteiger partial charge in [-0.2, -0.15) is 0 Å². The molecule has 2 unspecified atom stereocenters. The zero-order chi connectivity index (χ0) is 12.4. The number of nitrogens with two attached hydrogens (primary N) is 1. The van der Waals surface area contributed by atoms with Gasteiger partial charge in [-0.3, -0.25) is 4.90 Å². The van der Waals surface area contributed by atoms with Crippen molar-refractivity contribution in [3.05, 3.63) is 35.4 Å². The van der Waals surface area contributed by atoms with Gasteiger partial charge in [0.2, 0.25) is 0 Å². The van der Waals surface area contributed by atoms with Gasteiger partial charge >= 0.3 is 0 Å². The smallest absolute Gasteiger partial charge is 0.159 e. The van der Waals surface area contributed by atoms with Crippen molar-refractivity contribution in [2.45, 2.75) is 31.8 Å². The number of benzene rings is 1. The fraction of sp³-hybridized carbons (Fsp3) is 0.538. The Labute approximate surface area is 100 Å². The monoisotopic (exact) mass is 240 g/mol. The topological polar surface area (TPSA) is 29.3 Å². The van der Waals surface area contributed by atoms with Crippen molar-refractivity contribution < 1.29 is 8.78 Å². The summed E-state index contributed by atoms with van der Waals surface area (Å²) in [5, 5.41) is 0. The molecule has 0 amide bonds. The van der Waals surface area contributed by atoms with Gasteiger partial charge in [-0.15, -0.1) is 0 Å². The largest absolute Gasteiger partial charge is 0.326 e. The minimum Gasteiger partial charge on any atom is -0.326 e. The summed E-state index contributed by atoms with van der Waals surface area (Å²) in [6.07, 6.45) is 2.29. The van der Waals surface area contributed by atoms with Crippen LogP contribution in [0.3, 0.4) is 0 Å². The number of hydrogen-bond donors (Lipinski definition) is 1. The Morgan fingerprint density at radius 3 is 2.35 bits per heavy atom. The first-order valence-electron chi connectivity index (χ1n) is 6.04. The molecule has 2 atom stereocenters. The van der Waals surface area contributed by atoms with Crippen LogP contribution < -0.4 is 5.73 Å². The van der Waals surface area contributed by atoms with Crippen LogP contribution >= 0.6 is 0 Å². The van der Waals surface area contributed by atoms with Crippen LogP contribution in [-0.4, -0.2) is 24.0 Å². The molecular formula is C13H18F2N2. The Balaban J connectivity index is 2.28. The second-order valence-electron chi connectivity index (χ2n) is 4.72. The van der Waals surface area contributed by atoms with Crippen LogP contribution in [0.1, 0.15) is 31.4 Å². The van der Waals surface area contributed by atoms with Crippen LogP contribution in [0.2, 0.25) is 0 Å². The molecule has 4 heteroatoms. The van der Waals surface area contributed by atoms with Crippen molar-refractivity contribution in [1.82, 2.24) is 4.90 Å². The minimum absolute atomic E-state index is 0.0207. The van der Waals surface area contributed by atoms with Crippen molar-refractivity contribution in [3.8, 4) is 0 Å². The number of hydrogen-bond acceptors (Lipinski definition) is 2. The molecule has 0 spiro atoms. The zero-order valence-electron chi connectivity index (χ0n) is 10.00. The standard InChI is InChI=1S/C13H18F2N2/c1-9(16)13(17-6-2-3-7-17)10-4-5-11(14)12(15)8-10/h4-5,8-9,13H,2-3,6-7,16H2,1H3. The maximum absolute atomic E-state index is 13.3. The van der Waals surface area contributed by atoms with E-state index in [0.717, 1.165) is 31.5 Å². The SMILES string of the molecule is CC(N)C(c1ccc(F)c(F)c1)N1CCCC1. The third-order valence-corrected chi connectivity index (χ3v) is 3.32. The van der Waals surface area contributed by atoms with E-state index in [-0.39, 0.29) is 12.1 Å². The Morgan fingerprint density at radius 2 is 1.82 bits per heavy atom. The van der Waals surface area contributed by atoms with Crippen LogP contribution in [0.4, 0.5) is 8.78 Å². The second-order valence-corrected chi connectivity index (χ2v) is 4.72. The van der Waals surface area contributed by atoms with Crippen LogP contribution in [0.15, 0.2) is 18.2 Å². The van der Waals surface area contributed by atoms with Crippen LogP contribution in [0.25, 0.3) is 0 Å². The van der Waals surface area contributed by atoms with E-state index >= 15 is 0 Å². The van der Waals surface area contributed by atoms with Crippen LogP contribution in [-0.2, 0) is 0 Å². The Bertz CT molecular complexity index is 387. The highest BCUT2D eigenvalue weighted by molar-refractivity contribution is 5.23. The lowest BCUT2D eigenvalue weighted by atomic mass is 9.99. The van der Waals surface area contributed by atoms with Gasteiger partial charge in [-0.25, -0.2) is 8.78 Å². The molecule has 2 N–H and O–H groups in total. The maximum atomic E-state index is 13.3. The maximum Gasteiger partial charge on any atom is 0.159 e. The summed E-state index contributed by atoms with van der Waals surface area (Å²) in [7, 11) is 0. The molecule has 17 heavy (non-hydrogen) atoms. The number of rotatable bonds is 3. The molecule has 2 nitrogen and oxygen atoms in total. The van der Waals surface area contributed by atoms with Crippen LogP contribution in [0.5, 0.6) is 0 Å². The predicted octanol–water partition coefficient (Wildman–Crippen LogP) is 2.45. The lowest BCUT2D eigenvalue weighted by Crippen LogP contribution is -2.38. The van der Waals surface area contributed by atoms with E-state index in [1.54, 1.807) is 6.07 Å². The lowest BCUT2D eigenvalue weighted by Gasteiger charge is -2.31. The van der Waals surface area contributed by atoms with Gasteiger partial charge in [-0.05, 0) is 50.6 Å². The van der Waals surface area contributed by atoms with E-state index in [9.17, 15) is 8.78 Å². The molecule has 94 valence electrons. The summed E-state index contributed by atoms with van der Waals surface area (Å²) in [5.41, 5.74) is 6.74. The van der Waals surface area contributed by atoms with E-state index in [0.29, 0.717) is 0 Å². The fourth-order valence-corrected chi connectivity index (χ4v) is 2.56. The first kappa shape index (κ1) is 12.5. The molecule has 1 aromatic rings. The fourth-order valence-electron chi connectivity index (χ4n) is 2.56. The van der Waals surface area contributed by atoms with E-state index < -0.39 is 11.6 Å². The molecule has 1 fully saturated rings. The van der Waals surface area contributed by atoms with E-state index in [4.69, 9.17) is 5.73 Å². The first-order valence-corrected chi connectivity index (χ1v) is 6.04. The lowest BCUT2D eigenvalue weighted by molar-refractivity contribution is 0.218. The summed E-state index contributed by atoms with van der Waals surface area (Å²) >= 11 is 0. The van der Waals surface area contributed by atoms with Crippen molar-refractivity contribution in [2.75, 3.05) is 13.1 Å². The third-order valence-electron chi connectivity index (χ3n) is 3.32. The molecule has 0 aromatic heterocycles. The van der Waals surface area contributed by atoms with Gasteiger partial charge in [0.15, 0.2) is 11.6 Å². The molecular weight excluding hydrogens is 222 g/mol. The number of halogens is 2. The normalized spacial score (nSPS) is 20.5. The van der Waals surface area contributed by atoms with Crippen molar-refractivity contribution >= 4 is 0 Å². The number of nitrogens with zero attached hydrogens (tertiary/aromatic N) is 1. The summed E-state index contributed by atoms with van der Waals surface area (Å²) in [5.74, 6) is -1.61.